The summed E-state index contributed by atoms with van der Waals surface area (Å²) in [5.41, 5.74) is 1.08. The number of rotatable bonds is 15. The summed E-state index contributed by atoms with van der Waals surface area (Å²) in [6.45, 7) is 7.63. The molecule has 0 saturated carbocycles. The SMILES string of the molecule is CCOc1ccc(N(CC(=O)N(Cc2ccc(OC)cc2)[C@H](CC)C(=O)N[C@H](C)CC)S(=O)(=O)c2ccccc2)cc1. The average molecular weight is 596 g/mol. The maximum atomic E-state index is 14.2. The average Bonchev–Trinajstić information content (AvgIpc) is 3.00. The van der Waals surface area contributed by atoms with E-state index in [1.165, 1.54) is 17.0 Å². The molecule has 0 aliphatic heterocycles. The number of carbonyl (C=O) groups excluding carboxylic acids is 2. The molecule has 2 atom stereocenters. The van der Waals surface area contributed by atoms with E-state index >= 15 is 0 Å². The smallest absolute Gasteiger partial charge is 0.264 e. The van der Waals surface area contributed by atoms with Crippen LogP contribution in [-0.4, -0.2) is 57.5 Å². The fraction of sp³-hybridized carbons (Fsp3) is 0.375. The van der Waals surface area contributed by atoms with Crippen LogP contribution in [0.2, 0.25) is 0 Å². The zero-order valence-corrected chi connectivity index (χ0v) is 25.8. The van der Waals surface area contributed by atoms with Gasteiger partial charge in [0, 0.05) is 12.6 Å². The molecule has 10 heteroatoms. The molecule has 0 heterocycles. The Labute approximate surface area is 249 Å². The van der Waals surface area contributed by atoms with Crippen LogP contribution >= 0.6 is 0 Å². The predicted octanol–water partition coefficient (Wildman–Crippen LogP) is 5.01. The lowest BCUT2D eigenvalue weighted by molar-refractivity contribution is -0.140. The summed E-state index contributed by atoms with van der Waals surface area (Å²) in [5, 5.41) is 2.98. The van der Waals surface area contributed by atoms with Crippen molar-refractivity contribution in [2.24, 2.45) is 0 Å². The molecule has 3 aromatic carbocycles. The highest BCUT2D eigenvalue weighted by molar-refractivity contribution is 7.92. The fourth-order valence-corrected chi connectivity index (χ4v) is 5.85. The number of nitrogens with zero attached hydrogens (tertiary/aromatic N) is 2. The van der Waals surface area contributed by atoms with Gasteiger partial charge in [-0.3, -0.25) is 13.9 Å². The second-order valence-corrected chi connectivity index (χ2v) is 11.7. The Morgan fingerprint density at radius 2 is 1.48 bits per heavy atom. The van der Waals surface area contributed by atoms with Crippen molar-refractivity contribution in [3.05, 3.63) is 84.4 Å². The van der Waals surface area contributed by atoms with Gasteiger partial charge in [0.1, 0.15) is 24.1 Å². The van der Waals surface area contributed by atoms with Gasteiger partial charge in [0.05, 0.1) is 24.3 Å². The van der Waals surface area contributed by atoms with E-state index in [4.69, 9.17) is 9.47 Å². The molecule has 0 aliphatic carbocycles. The highest BCUT2D eigenvalue weighted by Gasteiger charge is 2.34. The number of anilines is 1. The Kier molecular flexibility index (Phi) is 11.8. The fourth-order valence-electron chi connectivity index (χ4n) is 4.41. The van der Waals surface area contributed by atoms with Gasteiger partial charge < -0.3 is 19.7 Å². The molecule has 0 spiro atoms. The van der Waals surface area contributed by atoms with E-state index in [0.717, 1.165) is 16.3 Å². The first-order chi connectivity index (χ1) is 20.1. The van der Waals surface area contributed by atoms with Gasteiger partial charge in [-0.2, -0.15) is 0 Å². The molecule has 3 rings (SSSR count). The van der Waals surface area contributed by atoms with Crippen LogP contribution < -0.4 is 19.1 Å². The standard InChI is InChI=1S/C32H41N3O6S/c1-6-24(4)33-32(37)30(7-2)34(22-25-14-18-27(40-5)19-15-25)31(36)23-35(26-16-20-28(21-17-26)41-8-3)42(38,39)29-12-10-9-11-13-29/h9-21,24,30H,6-8,22-23H2,1-5H3,(H,33,37)/t24-,30-/m1/s1. The number of nitrogens with one attached hydrogen (secondary N) is 1. The Balaban J connectivity index is 2.04. The van der Waals surface area contributed by atoms with E-state index in [2.05, 4.69) is 5.32 Å². The van der Waals surface area contributed by atoms with Crippen LogP contribution in [-0.2, 0) is 26.2 Å². The lowest BCUT2D eigenvalue weighted by Crippen LogP contribution is -2.53. The topological polar surface area (TPSA) is 105 Å². The highest BCUT2D eigenvalue weighted by atomic mass is 32.2. The van der Waals surface area contributed by atoms with Crippen LogP contribution in [0.1, 0.15) is 46.1 Å². The maximum absolute atomic E-state index is 14.2. The predicted molar refractivity (Wildman–Crippen MR) is 164 cm³/mol. The molecule has 226 valence electrons. The molecule has 0 aromatic heterocycles. The number of methoxy groups -OCH3 is 1. The Morgan fingerprint density at radius 3 is 2.02 bits per heavy atom. The number of ether oxygens (including phenoxy) is 2. The minimum atomic E-state index is -4.14. The van der Waals surface area contributed by atoms with E-state index in [1.807, 2.05) is 39.8 Å². The van der Waals surface area contributed by atoms with Crippen LogP contribution in [0.5, 0.6) is 11.5 Å². The molecule has 0 saturated heterocycles. The summed E-state index contributed by atoms with van der Waals surface area (Å²) in [6.07, 6.45) is 1.08. The maximum Gasteiger partial charge on any atom is 0.264 e. The zero-order valence-electron chi connectivity index (χ0n) is 24.9. The number of carbonyl (C=O) groups is 2. The molecule has 9 nitrogen and oxygen atoms in total. The Bertz CT molecular complexity index is 1400. The normalized spacial score (nSPS) is 12.6. The van der Waals surface area contributed by atoms with Gasteiger partial charge in [-0.1, -0.05) is 44.2 Å². The summed E-state index contributed by atoms with van der Waals surface area (Å²) in [4.78, 5) is 29.0. The van der Waals surface area contributed by atoms with Crippen LogP contribution in [0.3, 0.4) is 0 Å². The molecule has 1 N–H and O–H groups in total. The van der Waals surface area contributed by atoms with Crippen molar-refractivity contribution in [1.82, 2.24) is 10.2 Å². The van der Waals surface area contributed by atoms with E-state index in [1.54, 1.807) is 61.7 Å². The quantitative estimate of drug-likeness (QED) is 0.265. The number of hydrogen-bond acceptors (Lipinski definition) is 6. The van der Waals surface area contributed by atoms with Crippen molar-refractivity contribution in [1.29, 1.82) is 0 Å². The van der Waals surface area contributed by atoms with Crippen molar-refractivity contribution in [2.75, 3.05) is 24.6 Å². The van der Waals surface area contributed by atoms with E-state index in [9.17, 15) is 18.0 Å². The zero-order chi connectivity index (χ0) is 30.7. The first kappa shape index (κ1) is 32.5. The van der Waals surface area contributed by atoms with E-state index in [-0.39, 0.29) is 23.4 Å². The number of sulfonamides is 1. The lowest BCUT2D eigenvalue weighted by atomic mass is 10.1. The van der Waals surface area contributed by atoms with Crippen molar-refractivity contribution in [3.63, 3.8) is 0 Å². The first-order valence-corrected chi connectivity index (χ1v) is 15.6. The van der Waals surface area contributed by atoms with E-state index < -0.39 is 28.5 Å². The third-order valence-electron chi connectivity index (χ3n) is 6.94. The van der Waals surface area contributed by atoms with E-state index in [0.29, 0.717) is 30.2 Å². The lowest BCUT2D eigenvalue weighted by Gasteiger charge is -2.33. The second-order valence-electron chi connectivity index (χ2n) is 9.86. The molecular weight excluding hydrogens is 554 g/mol. The van der Waals surface area contributed by atoms with Gasteiger partial charge >= 0.3 is 0 Å². The molecule has 0 fully saturated rings. The third-order valence-corrected chi connectivity index (χ3v) is 8.73. The number of hydrogen-bond donors (Lipinski definition) is 1. The van der Waals surface area contributed by atoms with Crippen LogP contribution in [0, 0.1) is 0 Å². The molecule has 0 radical (unpaired) electrons. The van der Waals surface area contributed by atoms with Crippen molar-refractivity contribution in [3.8, 4) is 11.5 Å². The first-order valence-electron chi connectivity index (χ1n) is 14.2. The largest absolute Gasteiger partial charge is 0.497 e. The molecule has 0 aliphatic rings. The summed E-state index contributed by atoms with van der Waals surface area (Å²) in [5.74, 6) is 0.449. The van der Waals surface area contributed by atoms with Crippen LogP contribution in [0.15, 0.2) is 83.8 Å². The summed E-state index contributed by atoms with van der Waals surface area (Å²) in [6, 6.07) is 20.8. The van der Waals surface area contributed by atoms with Gasteiger partial charge in [-0.05, 0) is 80.8 Å². The minimum absolute atomic E-state index is 0.0509. The van der Waals surface area contributed by atoms with Gasteiger partial charge in [0.15, 0.2) is 0 Å². The van der Waals surface area contributed by atoms with Crippen LogP contribution in [0.25, 0.3) is 0 Å². The Hall–Kier alpha value is -4.05. The van der Waals surface area contributed by atoms with Gasteiger partial charge in [0.2, 0.25) is 11.8 Å². The second kappa shape index (κ2) is 15.3. The van der Waals surface area contributed by atoms with Gasteiger partial charge in [-0.15, -0.1) is 0 Å². The molecule has 42 heavy (non-hydrogen) atoms. The van der Waals surface area contributed by atoms with Crippen LogP contribution in [0.4, 0.5) is 5.69 Å². The third kappa shape index (κ3) is 8.25. The number of amides is 2. The Morgan fingerprint density at radius 1 is 0.857 bits per heavy atom. The molecule has 0 bridgehead atoms. The monoisotopic (exact) mass is 595 g/mol. The van der Waals surface area contributed by atoms with Crippen molar-refractivity contribution >= 4 is 27.5 Å². The molecule has 3 aromatic rings. The summed E-state index contributed by atoms with van der Waals surface area (Å²) in [7, 11) is -2.57. The minimum Gasteiger partial charge on any atom is -0.497 e. The molecular formula is C32H41N3O6S. The number of benzene rings is 3. The van der Waals surface area contributed by atoms with Crippen molar-refractivity contribution < 1.29 is 27.5 Å². The summed E-state index contributed by atoms with van der Waals surface area (Å²) >= 11 is 0. The highest BCUT2D eigenvalue weighted by Crippen LogP contribution is 2.27. The molecule has 0 unspecified atom stereocenters. The van der Waals surface area contributed by atoms with Gasteiger partial charge in [0.25, 0.3) is 10.0 Å². The summed E-state index contributed by atoms with van der Waals surface area (Å²) < 4.78 is 39.7. The van der Waals surface area contributed by atoms with Crippen molar-refractivity contribution in [2.45, 2.75) is 64.1 Å². The molecule has 2 amide bonds. The van der Waals surface area contributed by atoms with Gasteiger partial charge in [-0.25, -0.2) is 8.42 Å².